The van der Waals surface area contributed by atoms with E-state index >= 15 is 0 Å². The molecule has 3 nitrogen and oxygen atoms in total. The first-order valence-electron chi connectivity index (χ1n) is 4.40. The third kappa shape index (κ3) is 2.07. The van der Waals surface area contributed by atoms with Crippen molar-refractivity contribution in [1.82, 2.24) is 9.55 Å². The Morgan fingerprint density at radius 2 is 1.93 bits per heavy atom. The number of benzene rings is 1. The van der Waals surface area contributed by atoms with Crippen LogP contribution in [0, 0.1) is 0 Å². The van der Waals surface area contributed by atoms with Crippen molar-refractivity contribution < 1.29 is 0 Å². The van der Waals surface area contributed by atoms with Crippen LogP contribution in [0.2, 0.25) is 0 Å². The van der Waals surface area contributed by atoms with Crippen LogP contribution in [-0.2, 0) is 6.54 Å². The number of aromatic nitrogens is 2. The summed E-state index contributed by atoms with van der Waals surface area (Å²) in [5, 5.41) is 0. The van der Waals surface area contributed by atoms with Crippen molar-refractivity contribution >= 4 is 0 Å². The van der Waals surface area contributed by atoms with E-state index in [0.717, 1.165) is 6.54 Å². The van der Waals surface area contributed by atoms with Gasteiger partial charge in [0.15, 0.2) is 0 Å². The summed E-state index contributed by atoms with van der Waals surface area (Å²) in [6, 6.07) is 11.5. The van der Waals surface area contributed by atoms with E-state index in [1.54, 1.807) is 12.5 Å². The second-order valence-electron chi connectivity index (χ2n) is 3.06. The molecule has 0 aliphatic heterocycles. The molecule has 0 saturated heterocycles. The second-order valence-corrected chi connectivity index (χ2v) is 3.06. The van der Waals surface area contributed by atoms with Gasteiger partial charge in [0.2, 0.25) is 0 Å². The smallest absolute Gasteiger partial charge is 0.272 e. The molecule has 2 rings (SSSR count). The third-order valence-corrected chi connectivity index (χ3v) is 1.95. The summed E-state index contributed by atoms with van der Waals surface area (Å²) in [6.07, 6.45) is 3.29. The maximum absolute atomic E-state index is 10.7. The van der Waals surface area contributed by atoms with Gasteiger partial charge in [-0.1, -0.05) is 30.3 Å². The molecular weight excluding hydrogens is 176 g/mol. The van der Waals surface area contributed by atoms with Crippen LogP contribution in [-0.4, -0.2) is 9.55 Å². The molecule has 0 amide bonds. The SMILES string of the molecule is O=c1ccn(Cc2ccccc2)cn1. The molecule has 0 radical (unpaired) electrons. The highest BCUT2D eigenvalue weighted by Gasteiger charge is 1.92. The van der Waals surface area contributed by atoms with Crippen molar-refractivity contribution in [1.29, 1.82) is 0 Å². The predicted molar refractivity (Wildman–Crippen MR) is 54.0 cm³/mol. The lowest BCUT2D eigenvalue weighted by molar-refractivity contribution is 0.760. The van der Waals surface area contributed by atoms with Gasteiger partial charge in [-0.2, -0.15) is 4.98 Å². The van der Waals surface area contributed by atoms with E-state index in [0.29, 0.717) is 0 Å². The molecule has 0 aliphatic rings. The van der Waals surface area contributed by atoms with Gasteiger partial charge < -0.3 is 4.57 Å². The van der Waals surface area contributed by atoms with Crippen LogP contribution >= 0.6 is 0 Å². The van der Waals surface area contributed by atoms with Crippen LogP contribution in [0.1, 0.15) is 5.56 Å². The molecule has 0 saturated carbocycles. The molecule has 0 unspecified atom stereocenters. The van der Waals surface area contributed by atoms with Crippen molar-refractivity contribution in [3.63, 3.8) is 0 Å². The van der Waals surface area contributed by atoms with Crippen LogP contribution in [0.3, 0.4) is 0 Å². The second kappa shape index (κ2) is 3.87. The lowest BCUT2D eigenvalue weighted by atomic mass is 10.2. The number of hydrogen-bond donors (Lipinski definition) is 0. The van der Waals surface area contributed by atoms with E-state index in [4.69, 9.17) is 0 Å². The Balaban J connectivity index is 2.19. The largest absolute Gasteiger partial charge is 0.334 e. The van der Waals surface area contributed by atoms with Gasteiger partial charge in [-0.25, -0.2) is 0 Å². The molecule has 0 N–H and O–H groups in total. The van der Waals surface area contributed by atoms with Gasteiger partial charge in [0, 0.05) is 18.8 Å². The van der Waals surface area contributed by atoms with E-state index in [9.17, 15) is 4.79 Å². The van der Waals surface area contributed by atoms with Gasteiger partial charge >= 0.3 is 0 Å². The molecule has 0 aliphatic carbocycles. The summed E-state index contributed by atoms with van der Waals surface area (Å²) >= 11 is 0. The maximum atomic E-state index is 10.7. The summed E-state index contributed by atoms with van der Waals surface area (Å²) < 4.78 is 1.87. The molecular formula is C11H10N2O. The average Bonchev–Trinajstić information content (AvgIpc) is 2.23. The summed E-state index contributed by atoms with van der Waals surface area (Å²) in [5.41, 5.74) is 0.993. The summed E-state index contributed by atoms with van der Waals surface area (Å²) in [7, 11) is 0. The van der Waals surface area contributed by atoms with Gasteiger partial charge in [-0.15, -0.1) is 0 Å². The lowest BCUT2D eigenvalue weighted by Gasteiger charge is -2.03. The zero-order chi connectivity index (χ0) is 9.80. The topological polar surface area (TPSA) is 34.9 Å². The standard InChI is InChI=1S/C11H10N2O/c14-11-6-7-13(9-12-11)8-10-4-2-1-3-5-10/h1-7,9H,8H2. The van der Waals surface area contributed by atoms with Crippen LogP contribution < -0.4 is 5.56 Å². The fourth-order valence-corrected chi connectivity index (χ4v) is 1.26. The zero-order valence-electron chi connectivity index (χ0n) is 7.63. The Hall–Kier alpha value is -1.90. The summed E-state index contributed by atoms with van der Waals surface area (Å²) in [4.78, 5) is 14.4. The maximum Gasteiger partial charge on any atom is 0.272 e. The number of nitrogens with zero attached hydrogens (tertiary/aromatic N) is 2. The molecule has 0 fully saturated rings. The minimum Gasteiger partial charge on any atom is -0.334 e. The van der Waals surface area contributed by atoms with Crippen LogP contribution in [0.15, 0.2) is 53.7 Å². The van der Waals surface area contributed by atoms with Crippen LogP contribution in [0.25, 0.3) is 0 Å². The molecule has 14 heavy (non-hydrogen) atoms. The van der Waals surface area contributed by atoms with Crippen molar-refractivity contribution in [3.8, 4) is 0 Å². The first-order chi connectivity index (χ1) is 6.84. The lowest BCUT2D eigenvalue weighted by Crippen LogP contribution is -2.09. The fourth-order valence-electron chi connectivity index (χ4n) is 1.26. The van der Waals surface area contributed by atoms with E-state index in [-0.39, 0.29) is 5.56 Å². The Morgan fingerprint density at radius 1 is 1.14 bits per heavy atom. The van der Waals surface area contributed by atoms with E-state index < -0.39 is 0 Å². The molecule has 3 heteroatoms. The Kier molecular flexibility index (Phi) is 2.40. The van der Waals surface area contributed by atoms with E-state index in [2.05, 4.69) is 4.98 Å². The van der Waals surface area contributed by atoms with E-state index in [1.165, 1.54) is 11.6 Å². The van der Waals surface area contributed by atoms with Crippen molar-refractivity contribution in [2.24, 2.45) is 0 Å². The highest BCUT2D eigenvalue weighted by atomic mass is 16.1. The van der Waals surface area contributed by atoms with Gasteiger partial charge in [0.1, 0.15) is 0 Å². The van der Waals surface area contributed by atoms with Crippen molar-refractivity contribution in [2.75, 3.05) is 0 Å². The van der Waals surface area contributed by atoms with Gasteiger partial charge in [-0.3, -0.25) is 4.79 Å². The fraction of sp³-hybridized carbons (Fsp3) is 0.0909. The Labute approximate surface area is 81.7 Å². The highest BCUT2D eigenvalue weighted by molar-refractivity contribution is 5.14. The van der Waals surface area contributed by atoms with Gasteiger partial charge in [0.05, 0.1) is 6.33 Å². The molecule has 0 atom stereocenters. The van der Waals surface area contributed by atoms with Crippen molar-refractivity contribution in [2.45, 2.75) is 6.54 Å². The predicted octanol–water partition coefficient (Wildman–Crippen LogP) is 1.29. The molecule has 1 aromatic carbocycles. The van der Waals surface area contributed by atoms with Crippen LogP contribution in [0.4, 0.5) is 0 Å². The molecule has 70 valence electrons. The number of rotatable bonds is 2. The van der Waals surface area contributed by atoms with E-state index in [1.807, 2.05) is 34.9 Å². The Morgan fingerprint density at radius 3 is 2.57 bits per heavy atom. The monoisotopic (exact) mass is 186 g/mol. The first kappa shape index (κ1) is 8.69. The molecule has 0 bridgehead atoms. The van der Waals surface area contributed by atoms with Gasteiger partial charge in [-0.05, 0) is 5.56 Å². The third-order valence-electron chi connectivity index (χ3n) is 1.95. The summed E-state index contributed by atoms with van der Waals surface area (Å²) in [5.74, 6) is 0. The average molecular weight is 186 g/mol. The molecule has 1 heterocycles. The zero-order valence-corrected chi connectivity index (χ0v) is 7.63. The van der Waals surface area contributed by atoms with Crippen LogP contribution in [0.5, 0.6) is 0 Å². The molecule has 1 aromatic heterocycles. The quantitative estimate of drug-likeness (QED) is 0.708. The number of hydrogen-bond acceptors (Lipinski definition) is 2. The molecule has 0 spiro atoms. The Bertz CT molecular complexity index is 442. The first-order valence-corrected chi connectivity index (χ1v) is 4.40. The minimum atomic E-state index is -0.200. The van der Waals surface area contributed by atoms with Crippen molar-refractivity contribution in [3.05, 3.63) is 64.8 Å². The highest BCUT2D eigenvalue weighted by Crippen LogP contribution is 2.00. The summed E-state index contributed by atoms with van der Waals surface area (Å²) in [6.45, 7) is 0.744. The molecule has 2 aromatic rings. The normalized spacial score (nSPS) is 10.0. The van der Waals surface area contributed by atoms with Gasteiger partial charge in [0.25, 0.3) is 5.56 Å². The minimum absolute atomic E-state index is 0.200.